The Morgan fingerprint density at radius 3 is 2.90 bits per heavy atom. The summed E-state index contributed by atoms with van der Waals surface area (Å²) in [4.78, 5) is 16.1. The minimum Gasteiger partial charge on any atom is -0.456 e. The molecule has 0 saturated carbocycles. The second kappa shape index (κ2) is 6.00. The van der Waals surface area contributed by atoms with Gasteiger partial charge < -0.3 is 10.5 Å². The molecular formula is C14H12BrFN2O2. The topological polar surface area (TPSA) is 65.2 Å². The Hall–Kier alpha value is -1.95. The van der Waals surface area contributed by atoms with Crippen LogP contribution in [0.4, 0.5) is 10.1 Å². The largest absolute Gasteiger partial charge is 0.456 e. The third kappa shape index (κ3) is 3.33. The summed E-state index contributed by atoms with van der Waals surface area (Å²) in [6, 6.07) is 7.82. The minimum absolute atomic E-state index is 0.0459. The standard InChI is InChI=1S/C14H12BrFN2O2/c1-8-3-2-4-9(18-8)7-20-14(19)10-5-13(17)12(16)6-11(10)15/h2-6H,7,17H2,1H3. The number of anilines is 1. The lowest BCUT2D eigenvalue weighted by Gasteiger charge is -2.08. The van der Waals surface area contributed by atoms with E-state index in [9.17, 15) is 9.18 Å². The molecule has 20 heavy (non-hydrogen) atoms. The van der Waals surface area contributed by atoms with Crippen LogP contribution in [-0.2, 0) is 11.3 Å². The molecular weight excluding hydrogens is 327 g/mol. The number of esters is 1. The third-order valence-corrected chi connectivity index (χ3v) is 3.26. The summed E-state index contributed by atoms with van der Waals surface area (Å²) < 4.78 is 18.6. The number of pyridine rings is 1. The number of rotatable bonds is 3. The summed E-state index contributed by atoms with van der Waals surface area (Å²) in [5.41, 5.74) is 6.99. The molecule has 1 heterocycles. The molecule has 1 aromatic heterocycles. The number of carbonyl (C=O) groups is 1. The van der Waals surface area contributed by atoms with Crippen LogP contribution in [0.2, 0.25) is 0 Å². The normalized spacial score (nSPS) is 10.3. The molecule has 0 atom stereocenters. The first-order valence-electron chi connectivity index (χ1n) is 5.81. The Labute approximate surface area is 123 Å². The van der Waals surface area contributed by atoms with E-state index in [2.05, 4.69) is 20.9 Å². The van der Waals surface area contributed by atoms with Crippen molar-refractivity contribution >= 4 is 27.6 Å². The molecule has 0 amide bonds. The van der Waals surface area contributed by atoms with Crippen molar-refractivity contribution in [1.82, 2.24) is 4.98 Å². The van der Waals surface area contributed by atoms with Crippen LogP contribution in [0.5, 0.6) is 0 Å². The summed E-state index contributed by atoms with van der Waals surface area (Å²) in [6.45, 7) is 1.90. The summed E-state index contributed by atoms with van der Waals surface area (Å²) in [5, 5.41) is 0. The SMILES string of the molecule is Cc1cccc(COC(=O)c2cc(N)c(F)cc2Br)n1. The highest BCUT2D eigenvalue weighted by atomic mass is 79.9. The molecule has 2 rings (SSSR count). The number of aryl methyl sites for hydroxylation is 1. The van der Waals surface area contributed by atoms with Crippen LogP contribution in [0.15, 0.2) is 34.8 Å². The minimum atomic E-state index is -0.591. The summed E-state index contributed by atoms with van der Waals surface area (Å²) in [7, 11) is 0. The van der Waals surface area contributed by atoms with E-state index in [1.165, 1.54) is 6.07 Å². The number of hydrogen-bond donors (Lipinski definition) is 1. The van der Waals surface area contributed by atoms with Gasteiger partial charge in [0.15, 0.2) is 0 Å². The van der Waals surface area contributed by atoms with Crippen LogP contribution in [0, 0.1) is 12.7 Å². The van der Waals surface area contributed by atoms with Gasteiger partial charge in [-0.15, -0.1) is 0 Å². The van der Waals surface area contributed by atoms with Crippen molar-refractivity contribution in [2.45, 2.75) is 13.5 Å². The lowest BCUT2D eigenvalue weighted by molar-refractivity contribution is 0.0466. The van der Waals surface area contributed by atoms with Crippen LogP contribution < -0.4 is 5.73 Å². The van der Waals surface area contributed by atoms with E-state index < -0.39 is 11.8 Å². The van der Waals surface area contributed by atoms with Crippen molar-refractivity contribution < 1.29 is 13.9 Å². The summed E-state index contributed by atoms with van der Waals surface area (Å²) in [5.74, 6) is -1.18. The molecule has 6 heteroatoms. The van der Waals surface area contributed by atoms with Crippen molar-refractivity contribution in [3.63, 3.8) is 0 Å². The fraction of sp³-hybridized carbons (Fsp3) is 0.143. The van der Waals surface area contributed by atoms with E-state index in [1.807, 2.05) is 19.1 Å². The number of aromatic nitrogens is 1. The van der Waals surface area contributed by atoms with Gasteiger partial charge in [0.1, 0.15) is 12.4 Å². The molecule has 2 aromatic rings. The maximum absolute atomic E-state index is 13.2. The van der Waals surface area contributed by atoms with Crippen molar-refractivity contribution in [3.05, 3.63) is 57.6 Å². The van der Waals surface area contributed by atoms with Gasteiger partial charge in [-0.2, -0.15) is 0 Å². The van der Waals surface area contributed by atoms with Crippen molar-refractivity contribution in [2.24, 2.45) is 0 Å². The average molecular weight is 339 g/mol. The van der Waals surface area contributed by atoms with Gasteiger partial charge >= 0.3 is 5.97 Å². The Morgan fingerprint density at radius 1 is 1.45 bits per heavy atom. The maximum Gasteiger partial charge on any atom is 0.339 e. The second-order valence-corrected chi connectivity index (χ2v) is 5.05. The highest BCUT2D eigenvalue weighted by Crippen LogP contribution is 2.23. The van der Waals surface area contributed by atoms with E-state index in [1.54, 1.807) is 6.07 Å². The molecule has 0 aliphatic rings. The molecule has 0 radical (unpaired) electrons. The van der Waals surface area contributed by atoms with E-state index in [0.29, 0.717) is 10.2 Å². The third-order valence-electron chi connectivity index (χ3n) is 2.60. The molecule has 0 bridgehead atoms. The van der Waals surface area contributed by atoms with E-state index in [-0.39, 0.29) is 17.9 Å². The van der Waals surface area contributed by atoms with Gasteiger partial charge in [-0.05, 0) is 47.1 Å². The monoisotopic (exact) mass is 338 g/mol. The number of carbonyl (C=O) groups excluding carboxylic acids is 1. The van der Waals surface area contributed by atoms with Crippen molar-refractivity contribution in [1.29, 1.82) is 0 Å². The lowest BCUT2D eigenvalue weighted by Crippen LogP contribution is -2.08. The number of hydrogen-bond acceptors (Lipinski definition) is 4. The van der Waals surface area contributed by atoms with Crippen LogP contribution in [0.25, 0.3) is 0 Å². The van der Waals surface area contributed by atoms with Gasteiger partial charge in [-0.25, -0.2) is 9.18 Å². The van der Waals surface area contributed by atoms with Crippen LogP contribution in [0.3, 0.4) is 0 Å². The van der Waals surface area contributed by atoms with Crippen molar-refractivity contribution in [3.8, 4) is 0 Å². The predicted molar refractivity (Wildman–Crippen MR) is 76.6 cm³/mol. The van der Waals surface area contributed by atoms with Gasteiger partial charge in [-0.1, -0.05) is 6.07 Å². The second-order valence-electron chi connectivity index (χ2n) is 4.20. The first-order chi connectivity index (χ1) is 9.47. The fourth-order valence-corrected chi connectivity index (χ4v) is 2.10. The van der Waals surface area contributed by atoms with E-state index >= 15 is 0 Å². The molecule has 104 valence electrons. The Morgan fingerprint density at radius 2 is 2.20 bits per heavy atom. The number of nitrogen functional groups attached to an aromatic ring is 1. The quantitative estimate of drug-likeness (QED) is 0.689. The van der Waals surface area contributed by atoms with Gasteiger partial charge in [0.2, 0.25) is 0 Å². The summed E-state index contributed by atoms with van der Waals surface area (Å²) >= 11 is 3.11. The molecule has 0 fully saturated rings. The van der Waals surface area contributed by atoms with E-state index in [0.717, 1.165) is 11.8 Å². The molecule has 2 N–H and O–H groups in total. The van der Waals surface area contributed by atoms with Crippen molar-refractivity contribution in [2.75, 3.05) is 5.73 Å². The number of benzene rings is 1. The molecule has 0 unspecified atom stereocenters. The molecule has 1 aromatic carbocycles. The Balaban J connectivity index is 2.11. The molecule has 0 aliphatic carbocycles. The Bertz CT molecular complexity index is 662. The van der Waals surface area contributed by atoms with Crippen LogP contribution >= 0.6 is 15.9 Å². The number of nitrogens with zero attached hydrogens (tertiary/aromatic N) is 1. The highest BCUT2D eigenvalue weighted by Gasteiger charge is 2.15. The van der Waals surface area contributed by atoms with E-state index in [4.69, 9.17) is 10.5 Å². The fourth-order valence-electron chi connectivity index (χ4n) is 1.62. The molecule has 0 saturated heterocycles. The number of nitrogens with two attached hydrogens (primary N) is 1. The van der Waals surface area contributed by atoms with Gasteiger partial charge in [-0.3, -0.25) is 4.98 Å². The predicted octanol–water partition coefficient (Wildman–Crippen LogP) is 3.23. The van der Waals surface area contributed by atoms with Gasteiger partial charge in [0, 0.05) is 10.2 Å². The summed E-state index contributed by atoms with van der Waals surface area (Å²) in [6.07, 6.45) is 0. The zero-order valence-corrected chi connectivity index (χ0v) is 12.3. The van der Waals surface area contributed by atoms with Crippen LogP contribution in [0.1, 0.15) is 21.7 Å². The zero-order chi connectivity index (χ0) is 14.7. The number of ether oxygens (including phenoxy) is 1. The first-order valence-corrected chi connectivity index (χ1v) is 6.61. The smallest absolute Gasteiger partial charge is 0.339 e. The Kier molecular flexibility index (Phi) is 4.34. The first kappa shape index (κ1) is 14.5. The van der Waals surface area contributed by atoms with Gasteiger partial charge in [0.05, 0.1) is 16.9 Å². The van der Waals surface area contributed by atoms with Gasteiger partial charge in [0.25, 0.3) is 0 Å². The number of halogens is 2. The average Bonchev–Trinajstić information content (AvgIpc) is 2.40. The molecule has 0 aliphatic heterocycles. The maximum atomic E-state index is 13.2. The zero-order valence-electron chi connectivity index (χ0n) is 10.7. The lowest BCUT2D eigenvalue weighted by atomic mass is 10.2. The molecule has 0 spiro atoms. The molecule has 4 nitrogen and oxygen atoms in total. The highest BCUT2D eigenvalue weighted by molar-refractivity contribution is 9.10. The van der Waals surface area contributed by atoms with Crippen LogP contribution in [-0.4, -0.2) is 11.0 Å².